The number of rotatable bonds is 7. The van der Waals surface area contributed by atoms with Crippen LogP contribution in [-0.2, 0) is 20.9 Å². The van der Waals surface area contributed by atoms with Crippen molar-refractivity contribution in [1.82, 2.24) is 9.55 Å². The molecule has 2 aromatic rings. The number of ether oxygens (including phenoxy) is 4. The van der Waals surface area contributed by atoms with Crippen LogP contribution < -0.4 is 4.74 Å². The first kappa shape index (κ1) is 21.8. The molecule has 2 fully saturated rings. The number of aliphatic hydroxyl groups is 1. The molecule has 0 unspecified atom stereocenters. The largest absolute Gasteiger partial charge is 0.456 e. The maximum Gasteiger partial charge on any atom is 0.299 e. The Morgan fingerprint density at radius 1 is 1.28 bits per heavy atom. The van der Waals surface area contributed by atoms with Crippen molar-refractivity contribution in [3.05, 3.63) is 20.7 Å². The van der Waals surface area contributed by atoms with Crippen molar-refractivity contribution in [3.8, 4) is 6.01 Å². The molecule has 4 rings (SSSR count). The highest BCUT2D eigenvalue weighted by Gasteiger charge is 2.48. The molecular weight excluding hydrogens is 527 g/mol. The Morgan fingerprint density at radius 3 is 2.79 bits per heavy atom. The minimum Gasteiger partial charge on any atom is -0.456 e. The molecule has 2 aliphatic rings. The minimum absolute atomic E-state index is 0.263. The fourth-order valence-electron chi connectivity index (χ4n) is 3.53. The first-order valence-corrected chi connectivity index (χ1v) is 14.9. The van der Waals surface area contributed by atoms with E-state index in [1.807, 2.05) is 16.7 Å². The predicted octanol–water partition coefficient (Wildman–Crippen LogP) is 3.51. The van der Waals surface area contributed by atoms with Gasteiger partial charge in [0.1, 0.15) is 25.0 Å². The molecule has 0 spiro atoms. The molecule has 0 amide bonds. The van der Waals surface area contributed by atoms with Crippen LogP contribution in [0.1, 0.15) is 0 Å². The van der Waals surface area contributed by atoms with Gasteiger partial charge < -0.3 is 24.1 Å². The van der Waals surface area contributed by atoms with Crippen molar-refractivity contribution < 1.29 is 24.1 Å². The molecule has 29 heavy (non-hydrogen) atoms. The number of hydrogen-bond donors (Lipinski definition) is 1. The zero-order valence-electron chi connectivity index (χ0n) is 16.7. The SMILES string of the molecule is C[Si](C)(C)CCOCn1c(O[C@@H]2CO[C@H]3[C@@H]2OC[C@H]3O)nc2cc(I)c(Cl)cc21. The van der Waals surface area contributed by atoms with Crippen molar-refractivity contribution in [2.45, 2.75) is 56.8 Å². The summed E-state index contributed by atoms with van der Waals surface area (Å²) in [5, 5.41) is 10.6. The quantitative estimate of drug-likeness (QED) is 0.322. The number of hydrogen-bond acceptors (Lipinski definition) is 6. The third-order valence-corrected chi connectivity index (χ3v) is 8.44. The fraction of sp³-hybridized carbons (Fsp3) is 0.632. The van der Waals surface area contributed by atoms with Crippen LogP contribution in [0, 0.1) is 3.57 Å². The Hall–Kier alpha value is -0.433. The van der Waals surface area contributed by atoms with Gasteiger partial charge in [-0.05, 0) is 40.8 Å². The summed E-state index contributed by atoms with van der Waals surface area (Å²) in [5.74, 6) is 0. The van der Waals surface area contributed by atoms with Gasteiger partial charge in [-0.1, -0.05) is 31.2 Å². The van der Waals surface area contributed by atoms with E-state index in [0.29, 0.717) is 31.0 Å². The van der Waals surface area contributed by atoms with Crippen molar-refractivity contribution >= 4 is 53.3 Å². The van der Waals surface area contributed by atoms with E-state index in [1.165, 1.54) is 0 Å². The summed E-state index contributed by atoms with van der Waals surface area (Å²) in [6.45, 7) is 8.62. The summed E-state index contributed by atoms with van der Waals surface area (Å²) >= 11 is 8.55. The second-order valence-corrected chi connectivity index (χ2v) is 15.9. The number of aliphatic hydroxyl groups excluding tert-OH is 1. The normalized spacial score (nSPS) is 27.0. The van der Waals surface area contributed by atoms with E-state index in [4.69, 9.17) is 30.5 Å². The Bertz CT molecular complexity index is 890. The van der Waals surface area contributed by atoms with Crippen LogP contribution >= 0.6 is 34.2 Å². The van der Waals surface area contributed by atoms with Crippen LogP contribution in [0.5, 0.6) is 6.01 Å². The second kappa shape index (κ2) is 8.60. The standard InChI is InChI=1S/C19H26ClIN2O5Si/c1-29(2,3)5-4-25-10-23-14-6-11(20)12(21)7-13(14)22-19(23)28-16-9-27-17-15(24)8-26-18(16)17/h6-7,15-18,24H,4-5,8-10H2,1-3H3/t15-,16-,17-,18-/m1/s1. The lowest BCUT2D eigenvalue weighted by Gasteiger charge is -2.19. The molecule has 1 aromatic carbocycles. The van der Waals surface area contributed by atoms with Gasteiger partial charge in [-0.3, -0.25) is 4.57 Å². The average Bonchev–Trinajstić information content (AvgIpc) is 3.29. The van der Waals surface area contributed by atoms with Crippen LogP contribution in [0.25, 0.3) is 11.0 Å². The van der Waals surface area contributed by atoms with Crippen LogP contribution in [0.15, 0.2) is 12.1 Å². The van der Waals surface area contributed by atoms with Crippen molar-refractivity contribution in [2.24, 2.45) is 0 Å². The highest BCUT2D eigenvalue weighted by molar-refractivity contribution is 14.1. The van der Waals surface area contributed by atoms with Gasteiger partial charge in [0.2, 0.25) is 0 Å². The third-order valence-electron chi connectivity index (χ3n) is 5.21. The first-order chi connectivity index (χ1) is 13.7. The smallest absolute Gasteiger partial charge is 0.299 e. The Labute approximate surface area is 189 Å². The molecular formula is C19H26ClIN2O5Si. The summed E-state index contributed by atoms with van der Waals surface area (Å²) in [4.78, 5) is 4.67. The van der Waals surface area contributed by atoms with Gasteiger partial charge in [0.15, 0.2) is 6.10 Å². The van der Waals surface area contributed by atoms with Crippen LogP contribution in [0.3, 0.4) is 0 Å². The van der Waals surface area contributed by atoms with Gasteiger partial charge in [-0.25, -0.2) is 0 Å². The Morgan fingerprint density at radius 2 is 2.03 bits per heavy atom. The Balaban J connectivity index is 1.57. The molecule has 10 heteroatoms. The predicted molar refractivity (Wildman–Crippen MR) is 121 cm³/mol. The van der Waals surface area contributed by atoms with Gasteiger partial charge in [0.05, 0.1) is 29.3 Å². The lowest BCUT2D eigenvalue weighted by atomic mass is 10.1. The molecule has 160 valence electrons. The van der Waals surface area contributed by atoms with Crippen LogP contribution in [0.4, 0.5) is 0 Å². The maximum absolute atomic E-state index is 9.96. The number of aromatic nitrogens is 2. The summed E-state index contributed by atoms with van der Waals surface area (Å²) in [5.41, 5.74) is 1.66. The molecule has 3 heterocycles. The molecule has 4 atom stereocenters. The first-order valence-electron chi connectivity index (χ1n) is 9.74. The van der Waals surface area contributed by atoms with Crippen LogP contribution in [0.2, 0.25) is 30.7 Å². The summed E-state index contributed by atoms with van der Waals surface area (Å²) in [6, 6.07) is 5.36. The van der Waals surface area contributed by atoms with Gasteiger partial charge >= 0.3 is 0 Å². The molecule has 1 N–H and O–H groups in total. The molecule has 2 aliphatic heterocycles. The van der Waals surface area contributed by atoms with E-state index in [-0.39, 0.29) is 24.9 Å². The molecule has 7 nitrogen and oxygen atoms in total. The number of benzene rings is 1. The maximum atomic E-state index is 9.96. The second-order valence-electron chi connectivity index (χ2n) is 8.74. The fourth-order valence-corrected chi connectivity index (χ4v) is 4.89. The third kappa shape index (κ3) is 4.75. The molecule has 0 bridgehead atoms. The number of fused-ring (bicyclic) bond motifs is 2. The topological polar surface area (TPSA) is 75.0 Å². The van der Waals surface area contributed by atoms with Gasteiger partial charge in [0, 0.05) is 18.3 Å². The van der Waals surface area contributed by atoms with E-state index < -0.39 is 14.2 Å². The summed E-state index contributed by atoms with van der Waals surface area (Å²) in [6.07, 6.45) is -1.59. The highest BCUT2D eigenvalue weighted by Crippen LogP contribution is 2.33. The number of nitrogens with zero attached hydrogens (tertiary/aromatic N) is 2. The van der Waals surface area contributed by atoms with E-state index in [1.54, 1.807) is 0 Å². The van der Waals surface area contributed by atoms with E-state index in [0.717, 1.165) is 20.6 Å². The van der Waals surface area contributed by atoms with E-state index in [9.17, 15) is 5.11 Å². The van der Waals surface area contributed by atoms with E-state index in [2.05, 4.69) is 47.2 Å². The Kier molecular flexibility index (Phi) is 6.46. The molecule has 0 radical (unpaired) electrons. The van der Waals surface area contributed by atoms with Crippen molar-refractivity contribution in [1.29, 1.82) is 0 Å². The lowest BCUT2D eigenvalue weighted by Crippen LogP contribution is -2.35. The average molecular weight is 553 g/mol. The summed E-state index contributed by atoms with van der Waals surface area (Å²) in [7, 11) is -1.17. The molecule has 0 aliphatic carbocycles. The number of halogens is 2. The zero-order chi connectivity index (χ0) is 20.8. The molecule has 2 saturated heterocycles. The van der Waals surface area contributed by atoms with Gasteiger partial charge in [-0.15, -0.1) is 0 Å². The van der Waals surface area contributed by atoms with E-state index >= 15 is 0 Å². The van der Waals surface area contributed by atoms with Gasteiger partial charge in [0.25, 0.3) is 6.01 Å². The molecule has 0 saturated carbocycles. The molecule has 1 aromatic heterocycles. The van der Waals surface area contributed by atoms with Crippen molar-refractivity contribution in [2.75, 3.05) is 19.8 Å². The van der Waals surface area contributed by atoms with Crippen molar-refractivity contribution in [3.63, 3.8) is 0 Å². The van der Waals surface area contributed by atoms with Gasteiger partial charge in [-0.2, -0.15) is 4.98 Å². The number of imidazole rings is 1. The monoisotopic (exact) mass is 552 g/mol. The summed E-state index contributed by atoms with van der Waals surface area (Å²) < 4.78 is 26.4. The highest BCUT2D eigenvalue weighted by atomic mass is 127. The lowest BCUT2D eigenvalue weighted by molar-refractivity contribution is 0.00340. The van der Waals surface area contributed by atoms with Crippen LogP contribution in [-0.4, -0.2) is 67.0 Å². The zero-order valence-corrected chi connectivity index (χ0v) is 20.6. The minimum atomic E-state index is -1.17.